The molecular weight excluding hydrogens is 456 g/mol. The standard InChI is InChI=1S/C25H15ClN4O2S/c26-17-10-6-9-16(13-17)22-27-25-30(28-22)24(32)21(33-25)20-18-11-4-5-12-19(18)29(23(20)31)14-15-7-2-1-3-8-15/h1-13H,14H2. The van der Waals surface area contributed by atoms with Gasteiger partial charge < -0.3 is 4.90 Å². The number of benzene rings is 3. The van der Waals surface area contributed by atoms with Crippen molar-refractivity contribution in [1.29, 1.82) is 0 Å². The van der Waals surface area contributed by atoms with Crippen LogP contribution in [0.15, 0.2) is 83.7 Å². The Morgan fingerprint density at radius 1 is 0.909 bits per heavy atom. The molecule has 0 unspecified atom stereocenters. The quantitative estimate of drug-likeness (QED) is 0.400. The van der Waals surface area contributed by atoms with Crippen molar-refractivity contribution in [3.8, 4) is 11.4 Å². The fourth-order valence-electron chi connectivity index (χ4n) is 4.06. The van der Waals surface area contributed by atoms with Crippen molar-refractivity contribution in [3.63, 3.8) is 0 Å². The Balaban J connectivity index is 1.51. The molecule has 160 valence electrons. The van der Waals surface area contributed by atoms with E-state index in [1.54, 1.807) is 17.0 Å². The molecule has 5 aromatic rings. The van der Waals surface area contributed by atoms with Crippen LogP contribution in [0.1, 0.15) is 11.1 Å². The third kappa shape index (κ3) is 3.25. The zero-order valence-corrected chi connectivity index (χ0v) is 18.7. The highest BCUT2D eigenvalue weighted by atomic mass is 35.5. The number of carbonyl (C=O) groups excluding carboxylic acids is 1. The molecule has 6 nitrogen and oxygen atoms in total. The Hall–Kier alpha value is -3.81. The van der Waals surface area contributed by atoms with Crippen LogP contribution >= 0.6 is 22.9 Å². The molecule has 0 aliphatic carbocycles. The minimum atomic E-state index is -0.351. The number of amides is 1. The summed E-state index contributed by atoms with van der Waals surface area (Å²) in [4.78, 5) is 33.5. The van der Waals surface area contributed by atoms with Crippen molar-refractivity contribution in [2.45, 2.75) is 6.54 Å². The highest BCUT2D eigenvalue weighted by Crippen LogP contribution is 2.36. The average molecular weight is 471 g/mol. The monoisotopic (exact) mass is 470 g/mol. The highest BCUT2D eigenvalue weighted by molar-refractivity contribution is 7.15. The van der Waals surface area contributed by atoms with Crippen molar-refractivity contribution >= 4 is 45.1 Å². The van der Waals surface area contributed by atoms with Gasteiger partial charge in [-0.1, -0.05) is 83.6 Å². The molecule has 3 heterocycles. The molecule has 1 amide bonds. The van der Waals surface area contributed by atoms with E-state index in [1.165, 1.54) is 15.9 Å². The lowest BCUT2D eigenvalue weighted by molar-refractivity contribution is -0.113. The summed E-state index contributed by atoms with van der Waals surface area (Å²) in [5, 5.41) is 4.96. The van der Waals surface area contributed by atoms with Crippen molar-refractivity contribution in [3.05, 3.63) is 110 Å². The van der Waals surface area contributed by atoms with Gasteiger partial charge in [0.1, 0.15) is 4.53 Å². The highest BCUT2D eigenvalue weighted by Gasteiger charge is 2.34. The molecule has 0 radical (unpaired) electrons. The van der Waals surface area contributed by atoms with Crippen LogP contribution in [0.4, 0.5) is 5.69 Å². The summed E-state index contributed by atoms with van der Waals surface area (Å²) >= 11 is 7.25. The lowest BCUT2D eigenvalue weighted by atomic mass is 10.1. The number of halogens is 1. The van der Waals surface area contributed by atoms with E-state index in [2.05, 4.69) is 10.1 Å². The number of hydrogen-bond donors (Lipinski definition) is 0. The molecule has 0 spiro atoms. The lowest BCUT2D eigenvalue weighted by Gasteiger charge is -2.17. The first-order chi connectivity index (χ1) is 16.1. The summed E-state index contributed by atoms with van der Waals surface area (Å²) in [7, 11) is 0. The van der Waals surface area contributed by atoms with E-state index in [0.717, 1.165) is 22.4 Å². The second kappa shape index (κ2) is 7.65. The van der Waals surface area contributed by atoms with Gasteiger partial charge in [0.25, 0.3) is 11.5 Å². The number of aromatic nitrogens is 3. The molecule has 0 bridgehead atoms. The molecule has 33 heavy (non-hydrogen) atoms. The van der Waals surface area contributed by atoms with Crippen LogP contribution < -0.4 is 15.0 Å². The number of thiazole rings is 1. The molecule has 1 aliphatic rings. The first kappa shape index (κ1) is 19.8. The van der Waals surface area contributed by atoms with Gasteiger partial charge in [0.15, 0.2) is 5.82 Å². The molecule has 0 fully saturated rings. The maximum absolute atomic E-state index is 13.5. The molecule has 1 aliphatic heterocycles. The molecule has 8 heteroatoms. The maximum atomic E-state index is 13.5. The second-order valence-corrected chi connectivity index (χ2v) is 9.06. The topological polar surface area (TPSA) is 67.6 Å². The first-order valence-electron chi connectivity index (χ1n) is 10.2. The smallest absolute Gasteiger partial charge is 0.291 e. The van der Waals surface area contributed by atoms with Crippen LogP contribution in [-0.2, 0) is 11.3 Å². The van der Waals surface area contributed by atoms with Crippen LogP contribution in [0.2, 0.25) is 5.02 Å². The van der Waals surface area contributed by atoms with Gasteiger partial charge in [0, 0.05) is 16.1 Å². The number of anilines is 1. The van der Waals surface area contributed by atoms with E-state index >= 15 is 0 Å². The zero-order chi connectivity index (χ0) is 22.5. The van der Waals surface area contributed by atoms with Crippen LogP contribution in [0.3, 0.4) is 0 Å². The Labute approximate surface area is 197 Å². The summed E-state index contributed by atoms with van der Waals surface area (Å²) in [5.41, 5.74) is 3.32. The number of carbonyl (C=O) groups is 1. The van der Waals surface area contributed by atoms with Gasteiger partial charge >= 0.3 is 0 Å². The average Bonchev–Trinajstić information content (AvgIpc) is 3.46. The van der Waals surface area contributed by atoms with Gasteiger partial charge in [-0.15, -0.1) is 5.10 Å². The fourth-order valence-corrected chi connectivity index (χ4v) is 5.25. The lowest BCUT2D eigenvalue weighted by Crippen LogP contribution is -2.32. The third-order valence-electron chi connectivity index (χ3n) is 5.57. The number of para-hydroxylation sites is 1. The van der Waals surface area contributed by atoms with Crippen LogP contribution in [0, 0.1) is 0 Å². The number of nitrogens with zero attached hydrogens (tertiary/aromatic N) is 4. The van der Waals surface area contributed by atoms with Crippen LogP contribution in [-0.4, -0.2) is 20.5 Å². The van der Waals surface area contributed by atoms with Crippen molar-refractivity contribution in [2.75, 3.05) is 4.90 Å². The van der Waals surface area contributed by atoms with Gasteiger partial charge in [-0.3, -0.25) is 9.59 Å². The molecule has 0 N–H and O–H groups in total. The van der Waals surface area contributed by atoms with Gasteiger partial charge in [0.05, 0.1) is 17.8 Å². The summed E-state index contributed by atoms with van der Waals surface area (Å²) in [5.74, 6) is 0.220. The molecule has 0 saturated heterocycles. The Kier molecular flexibility index (Phi) is 4.60. The SMILES string of the molecule is O=C1C(=c2sc3nc(-c4cccc(Cl)c4)nn3c2=O)c2ccccc2N1Cc1ccccc1. The Morgan fingerprint density at radius 3 is 2.48 bits per heavy atom. The normalized spacial score (nSPS) is 14.8. The van der Waals surface area contributed by atoms with Gasteiger partial charge in [-0.2, -0.15) is 9.50 Å². The van der Waals surface area contributed by atoms with Gasteiger partial charge in [-0.25, -0.2) is 0 Å². The molecule has 0 saturated carbocycles. The number of hydrogen-bond acceptors (Lipinski definition) is 5. The van der Waals surface area contributed by atoms with E-state index in [4.69, 9.17) is 11.6 Å². The Morgan fingerprint density at radius 2 is 1.70 bits per heavy atom. The minimum absolute atomic E-state index is 0.197. The fraction of sp³-hybridized carbons (Fsp3) is 0.0400. The minimum Gasteiger partial charge on any atom is -0.303 e. The predicted molar refractivity (Wildman–Crippen MR) is 129 cm³/mol. The largest absolute Gasteiger partial charge is 0.303 e. The maximum Gasteiger partial charge on any atom is 0.291 e. The van der Waals surface area contributed by atoms with Crippen molar-refractivity contribution in [1.82, 2.24) is 14.6 Å². The number of fused-ring (bicyclic) bond motifs is 2. The van der Waals surface area contributed by atoms with Crippen LogP contribution in [0.25, 0.3) is 21.9 Å². The molecular formula is C25H15ClN4O2S. The van der Waals surface area contributed by atoms with Gasteiger partial charge in [-0.05, 0) is 23.8 Å². The molecule has 2 aromatic heterocycles. The molecule has 6 rings (SSSR count). The first-order valence-corrected chi connectivity index (χ1v) is 11.4. The van der Waals surface area contributed by atoms with E-state index < -0.39 is 0 Å². The van der Waals surface area contributed by atoms with E-state index in [-0.39, 0.29) is 11.5 Å². The Bertz CT molecular complexity index is 1660. The molecule has 3 aromatic carbocycles. The van der Waals surface area contributed by atoms with Gasteiger partial charge in [0.2, 0.25) is 4.96 Å². The summed E-state index contributed by atoms with van der Waals surface area (Å²) < 4.78 is 1.61. The summed E-state index contributed by atoms with van der Waals surface area (Å²) in [6.07, 6.45) is 0. The third-order valence-corrected chi connectivity index (χ3v) is 6.84. The zero-order valence-electron chi connectivity index (χ0n) is 17.1. The van der Waals surface area contributed by atoms with Crippen molar-refractivity contribution in [2.24, 2.45) is 0 Å². The van der Waals surface area contributed by atoms with Crippen LogP contribution in [0.5, 0.6) is 0 Å². The van der Waals surface area contributed by atoms with E-state index in [0.29, 0.717) is 32.5 Å². The summed E-state index contributed by atoms with van der Waals surface area (Å²) in [6, 6.07) is 24.5. The van der Waals surface area contributed by atoms with E-state index in [9.17, 15) is 9.59 Å². The van der Waals surface area contributed by atoms with Crippen molar-refractivity contribution < 1.29 is 4.79 Å². The predicted octanol–water partition coefficient (Wildman–Crippen LogP) is 3.94. The second-order valence-electron chi connectivity index (χ2n) is 7.65. The number of rotatable bonds is 3. The summed E-state index contributed by atoms with van der Waals surface area (Å²) in [6.45, 7) is 0.425. The van der Waals surface area contributed by atoms with E-state index in [1.807, 2.05) is 66.7 Å². The molecule has 0 atom stereocenters.